The van der Waals surface area contributed by atoms with E-state index < -0.39 is 16.0 Å². The second-order valence-electron chi connectivity index (χ2n) is 5.43. The van der Waals surface area contributed by atoms with E-state index in [0.717, 1.165) is 0 Å². The smallest absolute Gasteiger partial charge is 0.335 e. The lowest BCUT2D eigenvalue weighted by atomic mass is 10.1. The third-order valence-corrected chi connectivity index (χ3v) is 6.32. The monoisotopic (exact) mass is 337 g/mol. The van der Waals surface area contributed by atoms with Crippen molar-refractivity contribution in [1.29, 1.82) is 0 Å². The molecule has 0 unspecified atom stereocenters. The van der Waals surface area contributed by atoms with Crippen molar-refractivity contribution in [2.75, 3.05) is 0 Å². The first-order chi connectivity index (χ1) is 10.4. The Balaban J connectivity index is 1.86. The zero-order valence-corrected chi connectivity index (χ0v) is 13.5. The van der Waals surface area contributed by atoms with Crippen LogP contribution in [0.5, 0.6) is 0 Å². The first-order valence-corrected chi connectivity index (χ1v) is 9.19. The van der Waals surface area contributed by atoms with E-state index in [1.54, 1.807) is 18.3 Å². The number of nitrogens with one attached hydrogen (secondary N) is 1. The van der Waals surface area contributed by atoms with Crippen molar-refractivity contribution in [3.63, 3.8) is 0 Å². The lowest BCUT2D eigenvalue weighted by Crippen LogP contribution is -2.35. The van der Waals surface area contributed by atoms with Gasteiger partial charge in [0.05, 0.1) is 10.5 Å². The fraction of sp³-hybridized carbons (Fsp3) is 0.267. The normalized spacial score (nSPS) is 15.0. The molecule has 0 atom stereocenters. The van der Waals surface area contributed by atoms with E-state index in [0.29, 0.717) is 18.4 Å². The van der Waals surface area contributed by atoms with Gasteiger partial charge in [-0.3, -0.25) is 0 Å². The largest absolute Gasteiger partial charge is 0.478 e. The lowest BCUT2D eigenvalue weighted by molar-refractivity contribution is 0.0696. The molecule has 1 aliphatic rings. The summed E-state index contributed by atoms with van der Waals surface area (Å²) in [5.74, 6) is -1.14. The number of carboxylic acids is 1. The van der Waals surface area contributed by atoms with Crippen molar-refractivity contribution >= 4 is 27.3 Å². The fourth-order valence-corrected chi connectivity index (χ4v) is 5.10. The van der Waals surface area contributed by atoms with Gasteiger partial charge in [-0.25, -0.2) is 17.9 Å². The maximum absolute atomic E-state index is 12.6. The molecular weight excluding hydrogens is 322 g/mol. The number of carbonyl (C=O) groups is 1. The van der Waals surface area contributed by atoms with E-state index in [1.807, 2.05) is 10.8 Å². The first kappa shape index (κ1) is 15.2. The second-order valence-corrected chi connectivity index (χ2v) is 7.86. The first-order valence-electron chi connectivity index (χ1n) is 6.77. The number of rotatable bonds is 4. The number of aromatic carboxylic acids is 1. The van der Waals surface area contributed by atoms with Crippen LogP contribution in [-0.2, 0) is 22.9 Å². The predicted octanol–water partition coefficient (Wildman–Crippen LogP) is 2.20. The summed E-state index contributed by atoms with van der Waals surface area (Å²) < 4.78 is 27.8. The Labute approximate surface area is 132 Å². The molecular formula is C15H15NO4S2. The molecule has 0 bridgehead atoms. The summed E-state index contributed by atoms with van der Waals surface area (Å²) >= 11 is 1.62. The molecule has 1 heterocycles. The van der Waals surface area contributed by atoms with Gasteiger partial charge in [-0.05, 0) is 59.3 Å². The van der Waals surface area contributed by atoms with E-state index in [9.17, 15) is 13.2 Å². The average Bonchev–Trinajstić information content (AvgIpc) is 2.98. The Bertz CT molecular complexity index is 818. The summed E-state index contributed by atoms with van der Waals surface area (Å²) in [5, 5.41) is 13.1. The van der Waals surface area contributed by atoms with Crippen LogP contribution in [0.2, 0.25) is 0 Å². The number of hydrogen-bond acceptors (Lipinski definition) is 4. The van der Waals surface area contributed by atoms with E-state index in [-0.39, 0.29) is 16.5 Å². The van der Waals surface area contributed by atoms with Crippen LogP contribution in [0.1, 0.15) is 27.0 Å². The van der Waals surface area contributed by atoms with Gasteiger partial charge < -0.3 is 5.11 Å². The Hall–Kier alpha value is -1.70. The van der Waals surface area contributed by atoms with Crippen molar-refractivity contribution in [2.24, 2.45) is 0 Å². The molecule has 0 radical (unpaired) electrons. The fourth-order valence-electron chi connectivity index (χ4n) is 2.70. The number of aryl methyl sites for hydroxylation is 1. The Morgan fingerprint density at radius 3 is 2.50 bits per heavy atom. The van der Waals surface area contributed by atoms with Gasteiger partial charge >= 0.3 is 5.97 Å². The minimum absolute atomic E-state index is 0.0294. The highest BCUT2D eigenvalue weighted by Crippen LogP contribution is 2.27. The van der Waals surface area contributed by atoms with E-state index >= 15 is 0 Å². The summed E-state index contributed by atoms with van der Waals surface area (Å²) in [5.41, 5.74) is 2.88. The molecule has 3 rings (SSSR count). The predicted molar refractivity (Wildman–Crippen MR) is 84.0 cm³/mol. The molecule has 1 aromatic carbocycles. The number of sulfonamides is 1. The lowest BCUT2D eigenvalue weighted by Gasteiger charge is -2.15. The summed E-state index contributed by atoms with van der Waals surface area (Å²) in [6.07, 6.45) is 1.35. The minimum atomic E-state index is -3.74. The van der Waals surface area contributed by atoms with Gasteiger partial charge in [0, 0.05) is 6.04 Å². The number of fused-ring (bicyclic) bond motifs is 1. The van der Waals surface area contributed by atoms with Crippen LogP contribution in [0.3, 0.4) is 0 Å². The summed E-state index contributed by atoms with van der Waals surface area (Å²) in [6, 6.07) is 3.97. The molecule has 0 fully saturated rings. The van der Waals surface area contributed by atoms with E-state index in [2.05, 4.69) is 4.72 Å². The average molecular weight is 337 g/mol. The molecule has 5 nitrogen and oxygen atoms in total. The van der Waals surface area contributed by atoms with Crippen LogP contribution in [0.25, 0.3) is 0 Å². The molecule has 0 amide bonds. The molecule has 7 heteroatoms. The Kier molecular flexibility index (Phi) is 3.80. The van der Waals surface area contributed by atoms with Gasteiger partial charge in [-0.1, -0.05) is 6.07 Å². The minimum Gasteiger partial charge on any atom is -0.478 e. The van der Waals surface area contributed by atoms with Crippen LogP contribution >= 0.6 is 11.3 Å². The molecule has 0 saturated carbocycles. The highest BCUT2D eigenvalue weighted by molar-refractivity contribution is 7.89. The molecule has 116 valence electrons. The second kappa shape index (κ2) is 5.49. The van der Waals surface area contributed by atoms with Crippen LogP contribution in [-0.4, -0.2) is 25.5 Å². The van der Waals surface area contributed by atoms with Crippen LogP contribution in [0.4, 0.5) is 0 Å². The van der Waals surface area contributed by atoms with Gasteiger partial charge in [0.2, 0.25) is 10.0 Å². The maximum atomic E-state index is 12.6. The Morgan fingerprint density at radius 2 is 1.91 bits per heavy atom. The summed E-state index contributed by atoms with van der Waals surface area (Å²) in [7, 11) is -3.74. The van der Waals surface area contributed by atoms with Crippen LogP contribution in [0, 0.1) is 6.92 Å². The van der Waals surface area contributed by atoms with Crippen LogP contribution in [0.15, 0.2) is 33.9 Å². The van der Waals surface area contributed by atoms with Crippen molar-refractivity contribution in [3.05, 3.63) is 51.2 Å². The third-order valence-electron chi connectivity index (χ3n) is 3.81. The van der Waals surface area contributed by atoms with Gasteiger partial charge in [-0.15, -0.1) is 0 Å². The molecule has 2 N–H and O–H groups in total. The highest BCUT2D eigenvalue weighted by Gasteiger charge is 2.28. The number of benzene rings is 1. The van der Waals surface area contributed by atoms with Gasteiger partial charge in [-0.2, -0.15) is 11.3 Å². The molecule has 2 aromatic rings. The van der Waals surface area contributed by atoms with Crippen molar-refractivity contribution in [2.45, 2.75) is 30.7 Å². The number of thiophene rings is 1. The third kappa shape index (κ3) is 2.79. The molecule has 0 saturated heterocycles. The maximum Gasteiger partial charge on any atom is 0.335 e. The van der Waals surface area contributed by atoms with Crippen molar-refractivity contribution in [1.82, 2.24) is 4.72 Å². The van der Waals surface area contributed by atoms with Gasteiger partial charge in [0.15, 0.2) is 0 Å². The topological polar surface area (TPSA) is 83.5 Å². The zero-order valence-electron chi connectivity index (χ0n) is 11.9. The van der Waals surface area contributed by atoms with E-state index in [1.165, 1.54) is 29.3 Å². The zero-order chi connectivity index (χ0) is 15.9. The SMILES string of the molecule is Cc1ccc(C(=O)O)cc1S(=O)(=O)NC1Cc2cscc2C1. The van der Waals surface area contributed by atoms with Gasteiger partial charge in [0.25, 0.3) is 0 Å². The summed E-state index contributed by atoms with van der Waals surface area (Å²) in [4.78, 5) is 11.1. The molecule has 1 aliphatic carbocycles. The van der Waals surface area contributed by atoms with E-state index in [4.69, 9.17) is 5.11 Å². The Morgan fingerprint density at radius 1 is 1.27 bits per heavy atom. The number of carboxylic acid groups (broad SMARTS) is 1. The number of hydrogen-bond donors (Lipinski definition) is 2. The highest BCUT2D eigenvalue weighted by atomic mass is 32.2. The quantitative estimate of drug-likeness (QED) is 0.896. The standard InChI is InChI=1S/C15H15NO4S2/c1-9-2-3-10(15(17)18)6-14(9)22(19,20)16-13-4-11-7-21-8-12(11)5-13/h2-3,6-8,13,16H,4-5H2,1H3,(H,17,18). The van der Waals surface area contributed by atoms with Gasteiger partial charge in [0.1, 0.15) is 0 Å². The summed E-state index contributed by atoms with van der Waals surface area (Å²) in [6.45, 7) is 1.66. The molecule has 1 aromatic heterocycles. The molecule has 22 heavy (non-hydrogen) atoms. The van der Waals surface area contributed by atoms with Crippen LogP contribution < -0.4 is 4.72 Å². The van der Waals surface area contributed by atoms with Crippen molar-refractivity contribution in [3.8, 4) is 0 Å². The molecule has 0 spiro atoms. The molecule has 0 aliphatic heterocycles. The van der Waals surface area contributed by atoms with Crippen molar-refractivity contribution < 1.29 is 18.3 Å².